The summed E-state index contributed by atoms with van der Waals surface area (Å²) in [4.78, 5) is 0. The minimum absolute atomic E-state index is 1.12. The fourth-order valence-electron chi connectivity index (χ4n) is 1.44. The monoisotopic (exact) mass is 224 g/mol. The van der Waals surface area contributed by atoms with Crippen molar-refractivity contribution in [3.05, 3.63) is 78.4 Å². The zero-order chi connectivity index (χ0) is 12.5. The van der Waals surface area contributed by atoms with Crippen molar-refractivity contribution in [3.63, 3.8) is 0 Å². The van der Waals surface area contributed by atoms with Gasteiger partial charge in [0.05, 0.1) is 0 Å². The van der Waals surface area contributed by atoms with Gasteiger partial charge in [0.1, 0.15) is 0 Å². The third-order valence-corrected chi connectivity index (χ3v) is 2.52. The molecule has 0 amide bonds. The summed E-state index contributed by atoms with van der Waals surface area (Å²) < 4.78 is 0. The largest absolute Gasteiger partial charge is 0.0955 e. The second-order valence-corrected chi connectivity index (χ2v) is 3.99. The summed E-state index contributed by atoms with van der Waals surface area (Å²) in [7, 11) is 0. The molecule has 0 saturated heterocycles. The summed E-state index contributed by atoms with van der Waals surface area (Å²) >= 11 is 0. The maximum absolute atomic E-state index is 3.83. The highest BCUT2D eigenvalue weighted by Crippen LogP contribution is 2.08. The van der Waals surface area contributed by atoms with E-state index >= 15 is 0 Å². The molecule has 0 aliphatic rings. The van der Waals surface area contributed by atoms with Crippen molar-refractivity contribution >= 4 is 5.57 Å². The van der Waals surface area contributed by atoms with Crippen LogP contribution in [0, 0.1) is 0 Å². The maximum atomic E-state index is 3.83. The molecule has 0 aromatic heterocycles. The average Bonchev–Trinajstić information content (AvgIpc) is 2.41. The van der Waals surface area contributed by atoms with Crippen LogP contribution in [-0.4, -0.2) is 0 Å². The number of aryl methyl sites for hydroxylation is 1. The Morgan fingerprint density at radius 1 is 0.882 bits per heavy atom. The fourth-order valence-corrected chi connectivity index (χ4v) is 1.44. The van der Waals surface area contributed by atoms with Crippen LogP contribution in [0.4, 0.5) is 0 Å². The standard InChI is InChI=1S/C9H10.C8H10/c1-8(2)9-6-4-3-5-7-9;1-2-8-6-4-3-5-7-8/h3-7H,1H2,2H3;3-7H,2H2,1H3. The molecule has 0 spiro atoms. The molecular formula is C17H20. The molecule has 0 nitrogen and oxygen atoms in total. The molecule has 0 fully saturated rings. The highest BCUT2D eigenvalue weighted by Gasteiger charge is 1.86. The van der Waals surface area contributed by atoms with Crippen LogP contribution >= 0.6 is 0 Å². The third kappa shape index (κ3) is 5.17. The van der Waals surface area contributed by atoms with E-state index in [0.29, 0.717) is 0 Å². The maximum Gasteiger partial charge on any atom is -0.0233 e. The Bertz CT molecular complexity index is 426. The number of benzene rings is 2. The number of hydrogen-bond donors (Lipinski definition) is 0. The quantitative estimate of drug-likeness (QED) is 0.675. The summed E-state index contributed by atoms with van der Waals surface area (Å²) in [5.74, 6) is 0. The minimum Gasteiger partial charge on any atom is -0.0955 e. The van der Waals surface area contributed by atoms with E-state index in [9.17, 15) is 0 Å². The zero-order valence-electron chi connectivity index (χ0n) is 10.7. The molecule has 0 aliphatic heterocycles. The molecule has 2 aromatic carbocycles. The molecule has 0 radical (unpaired) electrons. The second kappa shape index (κ2) is 7.45. The molecule has 2 rings (SSSR count). The summed E-state index contributed by atoms with van der Waals surface area (Å²) in [6.07, 6.45) is 1.14. The molecule has 0 heterocycles. The Balaban J connectivity index is 0.000000171. The first-order chi connectivity index (χ1) is 8.24. The normalized spacial score (nSPS) is 9.06. The fraction of sp³-hybridized carbons (Fsp3) is 0.176. The van der Waals surface area contributed by atoms with Gasteiger partial charge in [-0.1, -0.05) is 79.7 Å². The van der Waals surface area contributed by atoms with Crippen molar-refractivity contribution in [2.45, 2.75) is 20.3 Å². The molecular weight excluding hydrogens is 204 g/mol. The Morgan fingerprint density at radius 3 is 1.65 bits per heavy atom. The molecule has 0 bridgehead atoms. The van der Waals surface area contributed by atoms with Crippen LogP contribution in [0.3, 0.4) is 0 Å². The van der Waals surface area contributed by atoms with Gasteiger partial charge in [-0.25, -0.2) is 0 Å². The first-order valence-electron chi connectivity index (χ1n) is 5.99. The van der Waals surface area contributed by atoms with E-state index < -0.39 is 0 Å². The van der Waals surface area contributed by atoms with Crippen LogP contribution < -0.4 is 0 Å². The molecule has 0 saturated carbocycles. The van der Waals surface area contributed by atoms with Gasteiger partial charge in [-0.05, 0) is 24.5 Å². The minimum atomic E-state index is 1.12. The lowest BCUT2D eigenvalue weighted by Gasteiger charge is -1.94. The van der Waals surface area contributed by atoms with E-state index in [1.807, 2.05) is 31.2 Å². The van der Waals surface area contributed by atoms with Crippen molar-refractivity contribution < 1.29 is 0 Å². The van der Waals surface area contributed by atoms with E-state index in [1.54, 1.807) is 0 Å². The van der Waals surface area contributed by atoms with Crippen molar-refractivity contribution in [1.29, 1.82) is 0 Å². The molecule has 0 N–H and O–H groups in total. The van der Waals surface area contributed by atoms with Crippen LogP contribution in [0.1, 0.15) is 25.0 Å². The molecule has 88 valence electrons. The van der Waals surface area contributed by atoms with Crippen LogP contribution in [0.15, 0.2) is 67.2 Å². The van der Waals surface area contributed by atoms with Gasteiger partial charge >= 0.3 is 0 Å². The first-order valence-corrected chi connectivity index (χ1v) is 5.99. The number of hydrogen-bond acceptors (Lipinski definition) is 0. The summed E-state index contributed by atoms with van der Waals surface area (Å²) in [5.41, 5.74) is 3.75. The number of allylic oxidation sites excluding steroid dienone is 1. The van der Waals surface area contributed by atoms with Crippen molar-refractivity contribution in [2.24, 2.45) is 0 Å². The van der Waals surface area contributed by atoms with Gasteiger partial charge in [0, 0.05) is 0 Å². The highest BCUT2D eigenvalue weighted by atomic mass is 13.9. The summed E-state index contributed by atoms with van der Waals surface area (Å²) in [5, 5.41) is 0. The third-order valence-electron chi connectivity index (χ3n) is 2.52. The van der Waals surface area contributed by atoms with Gasteiger partial charge in [0.2, 0.25) is 0 Å². The topological polar surface area (TPSA) is 0 Å². The van der Waals surface area contributed by atoms with Gasteiger partial charge in [0.15, 0.2) is 0 Å². The van der Waals surface area contributed by atoms with Crippen molar-refractivity contribution in [1.82, 2.24) is 0 Å². The van der Waals surface area contributed by atoms with Gasteiger partial charge in [-0.15, -0.1) is 0 Å². The van der Waals surface area contributed by atoms with Crippen LogP contribution in [0.5, 0.6) is 0 Å². The highest BCUT2D eigenvalue weighted by molar-refractivity contribution is 5.60. The lowest BCUT2D eigenvalue weighted by atomic mass is 10.1. The lowest BCUT2D eigenvalue weighted by Crippen LogP contribution is -1.73. The molecule has 2 aromatic rings. The Kier molecular flexibility index (Phi) is 5.81. The van der Waals surface area contributed by atoms with Crippen LogP contribution in [0.2, 0.25) is 0 Å². The van der Waals surface area contributed by atoms with Crippen LogP contribution in [0.25, 0.3) is 5.57 Å². The van der Waals surface area contributed by atoms with Crippen molar-refractivity contribution in [3.8, 4) is 0 Å². The Hall–Kier alpha value is -1.82. The smallest absolute Gasteiger partial charge is 0.0233 e. The van der Waals surface area contributed by atoms with E-state index in [2.05, 4.69) is 49.9 Å². The number of rotatable bonds is 2. The Labute approximate surface area is 105 Å². The Morgan fingerprint density at radius 2 is 1.35 bits per heavy atom. The van der Waals surface area contributed by atoms with E-state index in [1.165, 1.54) is 11.1 Å². The first kappa shape index (κ1) is 13.2. The summed E-state index contributed by atoms with van der Waals surface area (Å²) in [6.45, 7) is 8.00. The van der Waals surface area contributed by atoms with Crippen molar-refractivity contribution in [2.75, 3.05) is 0 Å². The predicted octanol–water partition coefficient (Wildman–Crippen LogP) is 4.97. The predicted molar refractivity (Wildman–Crippen MR) is 77.0 cm³/mol. The van der Waals surface area contributed by atoms with Gasteiger partial charge < -0.3 is 0 Å². The average molecular weight is 224 g/mol. The van der Waals surface area contributed by atoms with Crippen LogP contribution in [-0.2, 0) is 6.42 Å². The summed E-state index contributed by atoms with van der Waals surface area (Å²) in [6, 6.07) is 20.6. The molecule has 17 heavy (non-hydrogen) atoms. The second-order valence-electron chi connectivity index (χ2n) is 3.99. The lowest BCUT2D eigenvalue weighted by molar-refractivity contribution is 1.14. The molecule has 0 atom stereocenters. The molecule has 0 unspecified atom stereocenters. The van der Waals surface area contributed by atoms with E-state index in [0.717, 1.165) is 12.0 Å². The SMILES string of the molecule is C=C(C)c1ccccc1.CCc1ccccc1. The van der Waals surface area contributed by atoms with Gasteiger partial charge in [0.25, 0.3) is 0 Å². The van der Waals surface area contributed by atoms with E-state index in [4.69, 9.17) is 0 Å². The molecule has 0 aliphatic carbocycles. The van der Waals surface area contributed by atoms with Gasteiger partial charge in [-0.3, -0.25) is 0 Å². The van der Waals surface area contributed by atoms with E-state index in [-0.39, 0.29) is 0 Å². The molecule has 0 heteroatoms. The van der Waals surface area contributed by atoms with Gasteiger partial charge in [-0.2, -0.15) is 0 Å². The zero-order valence-corrected chi connectivity index (χ0v) is 10.7.